The number of alkyl carbamates (subject to hydrolysis) is 1. The van der Waals surface area contributed by atoms with E-state index in [-0.39, 0.29) is 5.91 Å². The molecule has 8 heteroatoms. The fourth-order valence-electron chi connectivity index (χ4n) is 2.99. The quantitative estimate of drug-likeness (QED) is 0.394. The Morgan fingerprint density at radius 2 is 1.84 bits per heavy atom. The zero-order valence-corrected chi connectivity index (χ0v) is 20.5. The van der Waals surface area contributed by atoms with E-state index in [1.807, 2.05) is 33.0 Å². The van der Waals surface area contributed by atoms with Crippen LogP contribution >= 0.6 is 0 Å². The van der Waals surface area contributed by atoms with E-state index in [0.717, 1.165) is 43.7 Å². The van der Waals surface area contributed by atoms with Gasteiger partial charge in [-0.15, -0.1) is 0 Å². The molecule has 2 amide bonds. The standard InChI is InChI=1S/C24H42N4O4/c1-6-7-14-28(5)19-20-16-21(18-25-17-20)31-15-13-26-22(29)11-9-8-10-12-27-23(30)32-24(2,3)4/h16-18H,6-15,19H2,1-5H3,(H,26,29)(H,27,30). The summed E-state index contributed by atoms with van der Waals surface area (Å²) < 4.78 is 10.9. The molecule has 0 aromatic carbocycles. The van der Waals surface area contributed by atoms with Crippen LogP contribution in [-0.4, -0.2) is 60.8 Å². The number of aromatic nitrogens is 1. The highest BCUT2D eigenvalue weighted by Gasteiger charge is 2.15. The average molecular weight is 451 g/mol. The monoisotopic (exact) mass is 450 g/mol. The number of nitrogens with one attached hydrogen (secondary N) is 2. The van der Waals surface area contributed by atoms with E-state index < -0.39 is 11.7 Å². The van der Waals surface area contributed by atoms with Crippen molar-refractivity contribution in [2.75, 3.05) is 33.3 Å². The lowest BCUT2D eigenvalue weighted by atomic mass is 10.2. The molecular formula is C24H42N4O4. The van der Waals surface area contributed by atoms with Crippen LogP contribution in [0.4, 0.5) is 4.79 Å². The molecule has 0 fully saturated rings. The third-order valence-electron chi connectivity index (χ3n) is 4.56. The predicted octanol–water partition coefficient (Wildman–Crippen LogP) is 3.89. The van der Waals surface area contributed by atoms with E-state index >= 15 is 0 Å². The summed E-state index contributed by atoms with van der Waals surface area (Å²) in [5.74, 6) is 0.733. The second-order valence-corrected chi connectivity index (χ2v) is 9.06. The minimum atomic E-state index is -0.490. The van der Waals surface area contributed by atoms with Gasteiger partial charge in [0.25, 0.3) is 0 Å². The molecule has 2 N–H and O–H groups in total. The molecule has 0 bridgehead atoms. The molecule has 0 unspecified atom stereocenters. The lowest BCUT2D eigenvalue weighted by Crippen LogP contribution is -2.33. The summed E-state index contributed by atoms with van der Waals surface area (Å²) in [5.41, 5.74) is 0.627. The number of pyridine rings is 1. The third-order valence-corrected chi connectivity index (χ3v) is 4.56. The van der Waals surface area contributed by atoms with Crippen LogP contribution in [0.3, 0.4) is 0 Å². The van der Waals surface area contributed by atoms with Crippen LogP contribution < -0.4 is 15.4 Å². The molecule has 0 radical (unpaired) electrons. The molecule has 0 aliphatic carbocycles. The Hall–Kier alpha value is -2.35. The highest BCUT2D eigenvalue weighted by atomic mass is 16.6. The molecule has 0 spiro atoms. The summed E-state index contributed by atoms with van der Waals surface area (Å²) in [4.78, 5) is 30.0. The van der Waals surface area contributed by atoms with E-state index in [9.17, 15) is 9.59 Å². The Morgan fingerprint density at radius 1 is 1.06 bits per heavy atom. The van der Waals surface area contributed by atoms with Crippen LogP contribution in [0, 0.1) is 0 Å². The van der Waals surface area contributed by atoms with Gasteiger partial charge < -0.3 is 25.0 Å². The number of rotatable bonds is 15. The molecule has 32 heavy (non-hydrogen) atoms. The first kappa shape index (κ1) is 27.7. The summed E-state index contributed by atoms with van der Waals surface area (Å²) in [6.45, 7) is 11.0. The van der Waals surface area contributed by atoms with Gasteiger partial charge in [-0.1, -0.05) is 19.8 Å². The number of amides is 2. The minimum absolute atomic E-state index is 0.0122. The number of hydrogen-bond acceptors (Lipinski definition) is 6. The Kier molecular flexibility index (Phi) is 13.4. The zero-order chi connectivity index (χ0) is 23.8. The van der Waals surface area contributed by atoms with Crippen molar-refractivity contribution in [3.63, 3.8) is 0 Å². The highest BCUT2D eigenvalue weighted by molar-refractivity contribution is 5.75. The summed E-state index contributed by atoms with van der Waals surface area (Å²) in [5, 5.41) is 5.60. The number of carbonyl (C=O) groups is 2. The molecule has 0 saturated carbocycles. The van der Waals surface area contributed by atoms with Crippen LogP contribution in [0.1, 0.15) is 71.8 Å². The third kappa shape index (κ3) is 14.6. The van der Waals surface area contributed by atoms with Gasteiger partial charge in [0.1, 0.15) is 18.0 Å². The highest BCUT2D eigenvalue weighted by Crippen LogP contribution is 2.13. The average Bonchev–Trinajstić information content (AvgIpc) is 2.71. The molecule has 1 rings (SSSR count). The molecule has 182 valence electrons. The van der Waals surface area contributed by atoms with Crippen molar-refractivity contribution in [3.8, 4) is 5.75 Å². The van der Waals surface area contributed by atoms with Gasteiger partial charge >= 0.3 is 6.09 Å². The van der Waals surface area contributed by atoms with Crippen molar-refractivity contribution in [3.05, 3.63) is 24.0 Å². The first-order valence-electron chi connectivity index (χ1n) is 11.7. The topological polar surface area (TPSA) is 92.8 Å². The van der Waals surface area contributed by atoms with Gasteiger partial charge in [0.05, 0.1) is 12.7 Å². The molecule has 0 saturated heterocycles. The van der Waals surface area contributed by atoms with Crippen LogP contribution in [0.25, 0.3) is 0 Å². The summed E-state index contributed by atoms with van der Waals surface area (Å²) >= 11 is 0. The molecular weight excluding hydrogens is 408 g/mol. The molecule has 0 aliphatic heterocycles. The fourth-order valence-corrected chi connectivity index (χ4v) is 2.99. The van der Waals surface area contributed by atoms with E-state index in [2.05, 4.69) is 34.5 Å². The van der Waals surface area contributed by atoms with Crippen molar-refractivity contribution in [1.82, 2.24) is 20.5 Å². The minimum Gasteiger partial charge on any atom is -0.490 e. The molecule has 1 aromatic heterocycles. The van der Waals surface area contributed by atoms with Crippen LogP contribution in [0.2, 0.25) is 0 Å². The van der Waals surface area contributed by atoms with Gasteiger partial charge in [0.15, 0.2) is 0 Å². The number of carbonyl (C=O) groups excluding carboxylic acids is 2. The number of hydrogen-bond donors (Lipinski definition) is 2. The SMILES string of the molecule is CCCCN(C)Cc1cncc(OCCNC(=O)CCCCCNC(=O)OC(C)(C)C)c1. The van der Waals surface area contributed by atoms with E-state index in [4.69, 9.17) is 9.47 Å². The van der Waals surface area contributed by atoms with E-state index in [1.165, 1.54) is 12.8 Å². The molecule has 1 aromatic rings. The molecule has 8 nitrogen and oxygen atoms in total. The maximum atomic E-state index is 11.9. The zero-order valence-electron chi connectivity index (χ0n) is 20.5. The Bertz CT molecular complexity index is 676. The van der Waals surface area contributed by atoms with Crippen molar-refractivity contribution >= 4 is 12.0 Å². The molecule has 0 aliphatic rings. The van der Waals surface area contributed by atoms with Gasteiger partial charge in [-0.05, 0) is 65.3 Å². The lowest BCUT2D eigenvalue weighted by molar-refractivity contribution is -0.121. The second kappa shape index (κ2) is 15.5. The number of unbranched alkanes of at least 4 members (excludes halogenated alkanes) is 3. The van der Waals surface area contributed by atoms with Gasteiger partial charge in [-0.25, -0.2) is 4.79 Å². The Labute approximate surface area is 193 Å². The summed E-state index contributed by atoms with van der Waals surface area (Å²) in [6, 6.07) is 2.00. The van der Waals surface area contributed by atoms with Gasteiger partial charge in [-0.3, -0.25) is 9.78 Å². The van der Waals surface area contributed by atoms with Crippen molar-refractivity contribution in [2.45, 2.75) is 78.4 Å². The van der Waals surface area contributed by atoms with Gasteiger partial charge in [-0.2, -0.15) is 0 Å². The van der Waals surface area contributed by atoms with E-state index in [1.54, 1.807) is 6.20 Å². The number of ether oxygens (including phenoxy) is 2. The normalized spacial score (nSPS) is 11.3. The van der Waals surface area contributed by atoms with Crippen molar-refractivity contribution in [2.24, 2.45) is 0 Å². The number of nitrogens with zero attached hydrogens (tertiary/aromatic N) is 2. The Balaban J connectivity index is 2.10. The summed E-state index contributed by atoms with van der Waals surface area (Å²) in [6.07, 6.45) is 8.44. The van der Waals surface area contributed by atoms with Crippen molar-refractivity contribution < 1.29 is 19.1 Å². The molecule has 0 atom stereocenters. The largest absolute Gasteiger partial charge is 0.490 e. The van der Waals surface area contributed by atoms with Gasteiger partial charge in [0.2, 0.25) is 5.91 Å². The van der Waals surface area contributed by atoms with Crippen LogP contribution in [0.5, 0.6) is 5.75 Å². The predicted molar refractivity (Wildman–Crippen MR) is 127 cm³/mol. The van der Waals surface area contributed by atoms with Crippen LogP contribution in [-0.2, 0) is 16.1 Å². The fraction of sp³-hybridized carbons (Fsp3) is 0.708. The maximum absolute atomic E-state index is 11.9. The second-order valence-electron chi connectivity index (χ2n) is 9.06. The first-order chi connectivity index (χ1) is 15.2. The maximum Gasteiger partial charge on any atom is 0.407 e. The van der Waals surface area contributed by atoms with Gasteiger partial charge in [0, 0.05) is 25.7 Å². The van der Waals surface area contributed by atoms with E-state index in [0.29, 0.717) is 26.1 Å². The smallest absolute Gasteiger partial charge is 0.407 e. The lowest BCUT2D eigenvalue weighted by Gasteiger charge is -2.19. The van der Waals surface area contributed by atoms with Crippen molar-refractivity contribution in [1.29, 1.82) is 0 Å². The van der Waals surface area contributed by atoms with Crippen LogP contribution in [0.15, 0.2) is 18.5 Å². The molecule has 1 heterocycles. The Morgan fingerprint density at radius 3 is 2.56 bits per heavy atom. The summed E-state index contributed by atoms with van der Waals surface area (Å²) in [7, 11) is 2.11. The first-order valence-corrected chi connectivity index (χ1v) is 11.7.